The molecule has 0 bridgehead atoms. The quantitative estimate of drug-likeness (QED) is 0.777. The van der Waals surface area contributed by atoms with Crippen molar-refractivity contribution in [2.75, 3.05) is 6.61 Å². The molecule has 0 amide bonds. The van der Waals surface area contributed by atoms with Gasteiger partial charge in [0.2, 0.25) is 0 Å². The molecule has 0 aromatic rings. The van der Waals surface area contributed by atoms with Gasteiger partial charge in [-0.05, 0) is 27.7 Å². The zero-order valence-corrected chi connectivity index (χ0v) is 11.9. The van der Waals surface area contributed by atoms with E-state index in [0.29, 0.717) is 6.61 Å². The molecule has 5 nitrogen and oxygen atoms in total. The van der Waals surface area contributed by atoms with Crippen molar-refractivity contribution in [3.63, 3.8) is 0 Å². The van der Waals surface area contributed by atoms with Crippen LogP contribution in [0.5, 0.6) is 0 Å². The zero-order chi connectivity index (χ0) is 14.3. The third-order valence-electron chi connectivity index (χ3n) is 3.27. The maximum atomic E-state index is 10.1. The second kappa shape index (κ2) is 5.04. The molecule has 0 aromatic heterocycles. The Labute approximate surface area is 114 Å². The Morgan fingerprint density at radius 1 is 1.21 bits per heavy atom. The predicted octanol–water partition coefficient (Wildman–Crippen LogP) is 1.04. The summed E-state index contributed by atoms with van der Waals surface area (Å²) in [5, 5.41) is 10.1. The van der Waals surface area contributed by atoms with Crippen LogP contribution < -0.4 is 0 Å². The molecule has 2 rings (SSSR count). The summed E-state index contributed by atoms with van der Waals surface area (Å²) in [5.41, 5.74) is 0. The van der Waals surface area contributed by atoms with Crippen molar-refractivity contribution < 1.29 is 24.1 Å². The van der Waals surface area contributed by atoms with E-state index in [2.05, 4.69) is 5.92 Å². The summed E-state index contributed by atoms with van der Waals surface area (Å²) < 4.78 is 22.9. The summed E-state index contributed by atoms with van der Waals surface area (Å²) in [4.78, 5) is 0. The summed E-state index contributed by atoms with van der Waals surface area (Å²) >= 11 is 0. The first-order chi connectivity index (χ1) is 8.74. The maximum Gasteiger partial charge on any atom is 0.164 e. The van der Waals surface area contributed by atoms with Gasteiger partial charge < -0.3 is 24.1 Å². The van der Waals surface area contributed by atoms with Crippen LogP contribution in [0.15, 0.2) is 0 Å². The molecule has 0 aliphatic carbocycles. The Morgan fingerprint density at radius 2 is 1.89 bits per heavy atom. The first-order valence-corrected chi connectivity index (χ1v) is 6.53. The zero-order valence-electron chi connectivity index (χ0n) is 11.9. The van der Waals surface area contributed by atoms with Crippen molar-refractivity contribution >= 4 is 0 Å². The number of aliphatic hydroxyl groups excluding tert-OH is 1. The van der Waals surface area contributed by atoms with Crippen molar-refractivity contribution in [2.24, 2.45) is 0 Å². The molecule has 2 aliphatic heterocycles. The van der Waals surface area contributed by atoms with Gasteiger partial charge >= 0.3 is 0 Å². The first kappa shape index (κ1) is 14.8. The molecular weight excluding hydrogens is 248 g/mol. The number of terminal acetylenes is 1. The van der Waals surface area contributed by atoms with Crippen molar-refractivity contribution in [1.82, 2.24) is 0 Å². The topological polar surface area (TPSA) is 57.2 Å². The minimum Gasteiger partial charge on any atom is -0.389 e. The van der Waals surface area contributed by atoms with Crippen LogP contribution in [-0.4, -0.2) is 47.7 Å². The van der Waals surface area contributed by atoms with Crippen LogP contribution in [0.2, 0.25) is 0 Å². The average molecular weight is 270 g/mol. The number of hydrogen-bond acceptors (Lipinski definition) is 5. The minimum atomic E-state index is -0.774. The molecule has 1 N–H and O–H groups in total. The molecule has 2 aliphatic rings. The molecule has 2 heterocycles. The van der Waals surface area contributed by atoms with Gasteiger partial charge in [-0.25, -0.2) is 0 Å². The van der Waals surface area contributed by atoms with E-state index in [1.54, 1.807) is 0 Å². The highest BCUT2D eigenvalue weighted by molar-refractivity contribution is 4.98. The smallest absolute Gasteiger partial charge is 0.164 e. The summed E-state index contributed by atoms with van der Waals surface area (Å²) in [6.45, 7) is 7.73. The van der Waals surface area contributed by atoms with Gasteiger partial charge in [-0.2, -0.15) is 0 Å². The van der Waals surface area contributed by atoms with Gasteiger partial charge in [0.1, 0.15) is 18.3 Å². The molecule has 2 fully saturated rings. The van der Waals surface area contributed by atoms with Gasteiger partial charge in [-0.3, -0.25) is 0 Å². The highest BCUT2D eigenvalue weighted by atomic mass is 16.8. The van der Waals surface area contributed by atoms with Crippen LogP contribution in [-0.2, 0) is 18.9 Å². The van der Waals surface area contributed by atoms with Crippen LogP contribution in [0.4, 0.5) is 0 Å². The lowest BCUT2D eigenvalue weighted by atomic mass is 10.0. The highest BCUT2D eigenvalue weighted by Gasteiger charge is 2.51. The van der Waals surface area contributed by atoms with Gasteiger partial charge in [0.05, 0.1) is 12.7 Å². The lowest BCUT2D eigenvalue weighted by Crippen LogP contribution is -2.43. The Hall–Kier alpha value is -0.640. The largest absolute Gasteiger partial charge is 0.389 e. The predicted molar refractivity (Wildman–Crippen MR) is 68.2 cm³/mol. The van der Waals surface area contributed by atoms with E-state index in [0.717, 1.165) is 0 Å². The van der Waals surface area contributed by atoms with Gasteiger partial charge in [-0.15, -0.1) is 12.3 Å². The molecule has 0 aromatic carbocycles. The van der Waals surface area contributed by atoms with Crippen molar-refractivity contribution in [1.29, 1.82) is 0 Å². The normalized spacial score (nSPS) is 38.0. The van der Waals surface area contributed by atoms with Crippen LogP contribution in [0, 0.1) is 12.3 Å². The summed E-state index contributed by atoms with van der Waals surface area (Å²) in [6, 6.07) is 0. The van der Waals surface area contributed by atoms with E-state index in [1.165, 1.54) is 0 Å². The molecule has 2 saturated heterocycles. The molecule has 4 atom stereocenters. The van der Waals surface area contributed by atoms with E-state index in [4.69, 9.17) is 25.4 Å². The first-order valence-electron chi connectivity index (χ1n) is 6.53. The molecule has 0 radical (unpaired) electrons. The van der Waals surface area contributed by atoms with Crippen LogP contribution in [0.25, 0.3) is 0 Å². The van der Waals surface area contributed by atoms with E-state index in [9.17, 15) is 5.11 Å². The van der Waals surface area contributed by atoms with E-state index < -0.39 is 23.8 Å². The average Bonchev–Trinajstić information content (AvgIpc) is 2.78. The summed E-state index contributed by atoms with van der Waals surface area (Å²) in [7, 11) is 0. The number of aliphatic hydroxyl groups is 1. The highest BCUT2D eigenvalue weighted by Crippen LogP contribution is 2.37. The standard InChI is InChI=1S/C14H22O5/c1-6-7-9(15)11-12(19-14(4,5)18-11)10-8-16-13(2,3)17-10/h1,9-12,15H,7-8H2,2-5H3/t9-,10-,11+,12+/m1/s1. The lowest BCUT2D eigenvalue weighted by Gasteiger charge is -2.25. The Bertz CT molecular complexity index is 371. The molecule has 5 heteroatoms. The third-order valence-corrected chi connectivity index (χ3v) is 3.27. The third kappa shape index (κ3) is 3.28. The molecular formula is C14H22O5. The number of rotatable bonds is 3. The van der Waals surface area contributed by atoms with Gasteiger partial charge in [0, 0.05) is 6.42 Å². The maximum absolute atomic E-state index is 10.1. The minimum absolute atomic E-state index is 0.220. The van der Waals surface area contributed by atoms with Crippen LogP contribution >= 0.6 is 0 Å². The fraction of sp³-hybridized carbons (Fsp3) is 0.857. The van der Waals surface area contributed by atoms with E-state index in [-0.39, 0.29) is 18.6 Å². The van der Waals surface area contributed by atoms with Crippen molar-refractivity contribution in [3.8, 4) is 12.3 Å². The summed E-state index contributed by atoms with van der Waals surface area (Å²) in [5.74, 6) is 1.04. The van der Waals surface area contributed by atoms with Crippen molar-refractivity contribution in [3.05, 3.63) is 0 Å². The fourth-order valence-corrected chi connectivity index (χ4v) is 2.52. The second-order valence-electron chi connectivity index (χ2n) is 5.91. The van der Waals surface area contributed by atoms with Gasteiger partial charge in [0.25, 0.3) is 0 Å². The SMILES string of the molecule is C#CC[C@@H](O)[C@@H]1OC(C)(C)O[C@H]1[C@H]1COC(C)(C)O1. The Balaban J connectivity index is 2.11. The number of ether oxygens (including phenoxy) is 4. The number of hydrogen-bond donors (Lipinski definition) is 1. The second-order valence-corrected chi connectivity index (χ2v) is 5.91. The van der Waals surface area contributed by atoms with Crippen LogP contribution in [0.3, 0.4) is 0 Å². The molecule has 0 unspecified atom stereocenters. The lowest BCUT2D eigenvalue weighted by molar-refractivity contribution is -0.175. The monoisotopic (exact) mass is 270 g/mol. The Morgan fingerprint density at radius 3 is 2.42 bits per heavy atom. The van der Waals surface area contributed by atoms with Crippen LogP contribution in [0.1, 0.15) is 34.1 Å². The molecule has 0 spiro atoms. The van der Waals surface area contributed by atoms with Gasteiger partial charge in [0.15, 0.2) is 11.6 Å². The van der Waals surface area contributed by atoms with E-state index in [1.807, 2.05) is 27.7 Å². The van der Waals surface area contributed by atoms with Crippen molar-refractivity contribution in [2.45, 2.75) is 70.1 Å². The molecule has 0 saturated carbocycles. The molecule has 108 valence electrons. The fourth-order valence-electron chi connectivity index (χ4n) is 2.52. The van der Waals surface area contributed by atoms with E-state index >= 15 is 0 Å². The van der Waals surface area contributed by atoms with Gasteiger partial charge in [-0.1, -0.05) is 0 Å². The molecule has 19 heavy (non-hydrogen) atoms. The summed E-state index contributed by atoms with van der Waals surface area (Å²) in [6.07, 6.45) is 3.53. The Kier molecular flexibility index (Phi) is 3.92.